The summed E-state index contributed by atoms with van der Waals surface area (Å²) in [4.78, 5) is 4.77. The van der Waals surface area contributed by atoms with Gasteiger partial charge in [0.25, 0.3) is 0 Å². The van der Waals surface area contributed by atoms with Crippen LogP contribution in [0.15, 0.2) is 77.8 Å². The minimum Gasteiger partial charge on any atom is -0.302 e. The maximum absolute atomic E-state index is 6.32. The highest BCUT2D eigenvalue weighted by Crippen LogP contribution is 2.54. The van der Waals surface area contributed by atoms with Crippen LogP contribution in [-0.2, 0) is 12.3 Å². The highest BCUT2D eigenvalue weighted by Gasteiger charge is 2.43. The van der Waals surface area contributed by atoms with Crippen molar-refractivity contribution in [1.82, 2.24) is 19.7 Å². The number of rotatable bonds is 8. The first-order chi connectivity index (χ1) is 15.2. The zero-order valence-electron chi connectivity index (χ0n) is 16.8. The van der Waals surface area contributed by atoms with Gasteiger partial charge >= 0.3 is 0 Å². The predicted octanol–water partition coefficient (Wildman–Crippen LogP) is 6.80. The molecule has 1 aliphatic rings. The smallest absolute Gasteiger partial charge is 0.191 e. The standard InChI is InChI=1S/C24H21ClN4S2/c1-2-12-29-22(20-13-19(20)16-8-4-3-5-9-16)27-28-24(29)31-15-17-14-30-23(26-17)18-10-6-7-11-21(18)25/h2-11,14,19-20H,1,12-13,15H2. The van der Waals surface area contributed by atoms with Crippen molar-refractivity contribution in [3.63, 3.8) is 0 Å². The van der Waals surface area contributed by atoms with Crippen molar-refractivity contribution in [2.24, 2.45) is 0 Å². The highest BCUT2D eigenvalue weighted by molar-refractivity contribution is 7.98. The summed E-state index contributed by atoms with van der Waals surface area (Å²) in [5.74, 6) is 2.76. The van der Waals surface area contributed by atoms with Crippen LogP contribution in [0.3, 0.4) is 0 Å². The van der Waals surface area contributed by atoms with Crippen LogP contribution in [0.4, 0.5) is 0 Å². The number of hydrogen-bond donors (Lipinski definition) is 0. The van der Waals surface area contributed by atoms with Gasteiger partial charge in [0.1, 0.15) is 10.8 Å². The van der Waals surface area contributed by atoms with Crippen LogP contribution in [0.1, 0.15) is 35.3 Å². The Morgan fingerprint density at radius 1 is 1.10 bits per heavy atom. The van der Waals surface area contributed by atoms with Crippen molar-refractivity contribution in [1.29, 1.82) is 0 Å². The normalized spacial score (nSPS) is 17.6. The van der Waals surface area contributed by atoms with E-state index in [9.17, 15) is 0 Å². The summed E-state index contributed by atoms with van der Waals surface area (Å²) in [6.07, 6.45) is 3.03. The molecule has 2 aromatic carbocycles. The third kappa shape index (κ3) is 4.33. The van der Waals surface area contributed by atoms with Gasteiger partial charge in [0.05, 0.1) is 10.7 Å². The topological polar surface area (TPSA) is 43.6 Å². The van der Waals surface area contributed by atoms with Crippen LogP contribution in [0, 0.1) is 0 Å². The fourth-order valence-electron chi connectivity index (χ4n) is 3.80. The summed E-state index contributed by atoms with van der Waals surface area (Å²) < 4.78 is 2.20. The number of benzene rings is 2. The van der Waals surface area contributed by atoms with E-state index in [1.807, 2.05) is 30.3 Å². The fourth-order valence-corrected chi connectivity index (χ4v) is 5.89. The Bertz CT molecular complexity index is 1200. The van der Waals surface area contributed by atoms with E-state index in [1.165, 1.54) is 5.56 Å². The number of thiazole rings is 1. The number of thioether (sulfide) groups is 1. The summed E-state index contributed by atoms with van der Waals surface area (Å²) in [6.45, 7) is 4.64. The Hall–Kier alpha value is -2.41. The Kier molecular flexibility index (Phi) is 5.94. The summed E-state index contributed by atoms with van der Waals surface area (Å²) in [5.41, 5.74) is 3.38. The van der Waals surface area contributed by atoms with Crippen molar-refractivity contribution >= 4 is 34.7 Å². The molecule has 156 valence electrons. The molecule has 0 N–H and O–H groups in total. The molecule has 0 saturated heterocycles. The fraction of sp³-hybridized carbons (Fsp3) is 0.208. The molecule has 0 aliphatic heterocycles. The molecule has 0 spiro atoms. The van der Waals surface area contributed by atoms with E-state index in [0.717, 1.165) is 44.4 Å². The second kappa shape index (κ2) is 8.99. The molecule has 4 aromatic rings. The molecule has 2 heterocycles. The summed E-state index contributed by atoms with van der Waals surface area (Å²) in [7, 11) is 0. The molecule has 2 aromatic heterocycles. The summed E-state index contributed by atoms with van der Waals surface area (Å²) >= 11 is 9.61. The Balaban J connectivity index is 1.31. The van der Waals surface area contributed by atoms with Gasteiger partial charge in [0, 0.05) is 29.2 Å². The van der Waals surface area contributed by atoms with Gasteiger partial charge in [-0.05, 0) is 24.0 Å². The SMILES string of the molecule is C=CCn1c(SCc2csc(-c3ccccc3Cl)n2)nnc1C1CC1c1ccccc1. The zero-order valence-corrected chi connectivity index (χ0v) is 19.2. The Morgan fingerprint density at radius 2 is 1.90 bits per heavy atom. The quantitative estimate of drug-likeness (QED) is 0.212. The van der Waals surface area contributed by atoms with E-state index in [1.54, 1.807) is 23.1 Å². The number of allylic oxidation sites excluding steroid dienone is 1. The Labute approximate surface area is 195 Å². The first kappa shape index (κ1) is 20.5. The largest absolute Gasteiger partial charge is 0.302 e. The van der Waals surface area contributed by atoms with Crippen LogP contribution in [0.25, 0.3) is 10.6 Å². The maximum atomic E-state index is 6.32. The lowest BCUT2D eigenvalue weighted by molar-refractivity contribution is 0.677. The lowest BCUT2D eigenvalue weighted by atomic mass is 10.1. The molecule has 1 saturated carbocycles. The molecule has 1 aliphatic carbocycles. The van der Waals surface area contributed by atoms with Crippen molar-refractivity contribution < 1.29 is 0 Å². The molecule has 4 nitrogen and oxygen atoms in total. The van der Waals surface area contributed by atoms with E-state index in [0.29, 0.717) is 18.4 Å². The minimum absolute atomic E-state index is 0.426. The molecule has 7 heteroatoms. The van der Waals surface area contributed by atoms with Crippen molar-refractivity contribution in [3.8, 4) is 10.6 Å². The monoisotopic (exact) mass is 464 g/mol. The van der Waals surface area contributed by atoms with Gasteiger partial charge in [-0.15, -0.1) is 28.1 Å². The van der Waals surface area contributed by atoms with Gasteiger partial charge in [-0.3, -0.25) is 0 Å². The van der Waals surface area contributed by atoms with Gasteiger partial charge in [-0.1, -0.05) is 78.0 Å². The molecule has 5 rings (SSSR count). The lowest BCUT2D eigenvalue weighted by Gasteiger charge is -2.07. The number of aromatic nitrogens is 4. The van der Waals surface area contributed by atoms with E-state index in [-0.39, 0.29) is 0 Å². The third-order valence-corrected chi connectivity index (χ3v) is 7.67. The van der Waals surface area contributed by atoms with Crippen LogP contribution < -0.4 is 0 Å². The maximum Gasteiger partial charge on any atom is 0.191 e. The molecule has 0 amide bonds. The average molecular weight is 465 g/mol. The number of nitrogens with zero attached hydrogens (tertiary/aromatic N) is 4. The first-order valence-electron chi connectivity index (χ1n) is 10.2. The molecule has 2 unspecified atom stereocenters. The van der Waals surface area contributed by atoms with E-state index >= 15 is 0 Å². The minimum atomic E-state index is 0.426. The van der Waals surface area contributed by atoms with Gasteiger partial charge in [0.15, 0.2) is 5.16 Å². The Morgan fingerprint density at radius 3 is 2.71 bits per heavy atom. The van der Waals surface area contributed by atoms with Crippen molar-refractivity contribution in [3.05, 3.63) is 94.7 Å². The third-order valence-electron chi connectivity index (χ3n) is 5.41. The van der Waals surface area contributed by atoms with Crippen LogP contribution >= 0.6 is 34.7 Å². The molecule has 0 radical (unpaired) electrons. The second-order valence-electron chi connectivity index (χ2n) is 7.51. The average Bonchev–Trinajstić information content (AvgIpc) is 3.27. The van der Waals surface area contributed by atoms with E-state index in [2.05, 4.69) is 57.1 Å². The predicted molar refractivity (Wildman–Crippen MR) is 129 cm³/mol. The molecule has 1 fully saturated rings. The van der Waals surface area contributed by atoms with Crippen LogP contribution in [0.5, 0.6) is 0 Å². The number of hydrogen-bond acceptors (Lipinski definition) is 5. The van der Waals surface area contributed by atoms with Crippen LogP contribution in [0.2, 0.25) is 5.02 Å². The van der Waals surface area contributed by atoms with E-state index < -0.39 is 0 Å². The molecule has 31 heavy (non-hydrogen) atoms. The summed E-state index contributed by atoms with van der Waals surface area (Å²) in [5, 5.41) is 13.7. The van der Waals surface area contributed by atoms with Gasteiger partial charge in [-0.2, -0.15) is 0 Å². The highest BCUT2D eigenvalue weighted by atomic mass is 35.5. The second-order valence-corrected chi connectivity index (χ2v) is 9.72. The van der Waals surface area contributed by atoms with Crippen molar-refractivity contribution in [2.45, 2.75) is 35.7 Å². The summed E-state index contributed by atoms with van der Waals surface area (Å²) in [6, 6.07) is 18.5. The molecule has 2 atom stereocenters. The van der Waals surface area contributed by atoms with Gasteiger partial charge in [0.2, 0.25) is 0 Å². The van der Waals surface area contributed by atoms with Crippen LogP contribution in [-0.4, -0.2) is 19.7 Å². The van der Waals surface area contributed by atoms with E-state index in [4.69, 9.17) is 16.6 Å². The molecular formula is C24H21ClN4S2. The van der Waals surface area contributed by atoms with Gasteiger partial charge < -0.3 is 4.57 Å². The van der Waals surface area contributed by atoms with Crippen molar-refractivity contribution in [2.75, 3.05) is 0 Å². The first-order valence-corrected chi connectivity index (χ1v) is 12.4. The molecule has 0 bridgehead atoms. The zero-order chi connectivity index (χ0) is 21.2. The van der Waals surface area contributed by atoms with Gasteiger partial charge in [-0.25, -0.2) is 4.98 Å². The lowest BCUT2D eigenvalue weighted by Crippen LogP contribution is -2.03. The number of halogens is 1. The molecular weight excluding hydrogens is 444 g/mol.